The van der Waals surface area contributed by atoms with Crippen molar-refractivity contribution < 1.29 is 19.1 Å². The summed E-state index contributed by atoms with van der Waals surface area (Å²) in [5.41, 5.74) is 1.14. The average molecular weight is 348 g/mol. The first-order valence-electron chi connectivity index (χ1n) is 7.10. The van der Waals surface area contributed by atoms with E-state index in [0.29, 0.717) is 28.0 Å². The van der Waals surface area contributed by atoms with Crippen LogP contribution in [0.25, 0.3) is 0 Å². The van der Waals surface area contributed by atoms with E-state index >= 15 is 0 Å². The van der Waals surface area contributed by atoms with Crippen molar-refractivity contribution in [1.82, 2.24) is 4.98 Å². The van der Waals surface area contributed by atoms with Gasteiger partial charge in [-0.25, -0.2) is 9.78 Å². The number of nitrogens with zero attached hydrogens (tertiary/aromatic N) is 2. The highest BCUT2D eigenvalue weighted by Crippen LogP contribution is 2.34. The van der Waals surface area contributed by atoms with Crippen molar-refractivity contribution in [2.24, 2.45) is 0 Å². The van der Waals surface area contributed by atoms with Crippen molar-refractivity contribution in [2.45, 2.75) is 0 Å². The molecule has 1 aliphatic rings. The van der Waals surface area contributed by atoms with Crippen LogP contribution < -0.4 is 19.7 Å². The fraction of sp³-hybridized carbons (Fsp3) is 0.188. The standard InChI is InChI=1S/C16H14ClN3O4/c1-23-15-5-3-11(7-18-15)19-14(21)8-20-9-16(22)24-13-4-2-10(17)6-12(13)20/h2-7H,8-9H2,1H3,(H,19,21). The van der Waals surface area contributed by atoms with Gasteiger partial charge in [0.05, 0.1) is 31.2 Å². The van der Waals surface area contributed by atoms with E-state index in [1.54, 1.807) is 35.2 Å². The number of ether oxygens (including phenoxy) is 2. The number of esters is 1. The number of methoxy groups -OCH3 is 1. The van der Waals surface area contributed by atoms with Crippen LogP contribution in [0, 0.1) is 0 Å². The number of rotatable bonds is 4. The SMILES string of the molecule is COc1ccc(NC(=O)CN2CC(=O)Oc3ccc(Cl)cc32)cn1. The summed E-state index contributed by atoms with van der Waals surface area (Å²) in [6, 6.07) is 8.21. The maximum atomic E-state index is 12.2. The van der Waals surface area contributed by atoms with Crippen LogP contribution in [-0.4, -0.2) is 37.1 Å². The third-order valence-electron chi connectivity index (χ3n) is 3.37. The molecule has 0 aliphatic carbocycles. The molecule has 0 bridgehead atoms. The molecule has 0 fully saturated rings. The Kier molecular flexibility index (Phi) is 4.52. The summed E-state index contributed by atoms with van der Waals surface area (Å²) in [6.07, 6.45) is 1.49. The van der Waals surface area contributed by atoms with E-state index in [9.17, 15) is 9.59 Å². The average Bonchev–Trinajstić information content (AvgIpc) is 2.56. The number of aromatic nitrogens is 1. The predicted octanol–water partition coefficient (Wildman–Crippen LogP) is 2.11. The number of nitrogens with one attached hydrogen (secondary N) is 1. The minimum atomic E-state index is -0.427. The molecule has 7 nitrogen and oxygen atoms in total. The van der Waals surface area contributed by atoms with Gasteiger partial charge in [0.1, 0.15) is 6.54 Å². The number of carbonyl (C=O) groups excluding carboxylic acids is 2. The molecule has 0 spiro atoms. The summed E-state index contributed by atoms with van der Waals surface area (Å²) in [5, 5.41) is 3.21. The Morgan fingerprint density at radius 1 is 1.42 bits per heavy atom. The van der Waals surface area contributed by atoms with E-state index in [0.717, 1.165) is 0 Å². The van der Waals surface area contributed by atoms with Gasteiger partial charge in [-0.3, -0.25) is 4.79 Å². The van der Waals surface area contributed by atoms with Crippen LogP contribution in [0.15, 0.2) is 36.5 Å². The van der Waals surface area contributed by atoms with Gasteiger partial charge in [0.15, 0.2) is 5.75 Å². The summed E-state index contributed by atoms with van der Waals surface area (Å²) in [5.74, 6) is 0.122. The number of fused-ring (bicyclic) bond motifs is 1. The molecule has 0 saturated heterocycles. The number of hydrogen-bond donors (Lipinski definition) is 1. The zero-order chi connectivity index (χ0) is 17.1. The fourth-order valence-electron chi connectivity index (χ4n) is 2.31. The molecule has 1 aliphatic heterocycles. The molecule has 1 N–H and O–H groups in total. The molecule has 2 aromatic rings. The van der Waals surface area contributed by atoms with Gasteiger partial charge in [-0.1, -0.05) is 11.6 Å². The Hall–Kier alpha value is -2.80. The third-order valence-corrected chi connectivity index (χ3v) is 3.60. The Labute approximate surface area is 143 Å². The van der Waals surface area contributed by atoms with Crippen LogP contribution in [0.4, 0.5) is 11.4 Å². The number of hydrogen-bond acceptors (Lipinski definition) is 6. The fourth-order valence-corrected chi connectivity index (χ4v) is 2.48. The van der Waals surface area contributed by atoms with Crippen LogP contribution in [0.3, 0.4) is 0 Å². The summed E-state index contributed by atoms with van der Waals surface area (Å²) >= 11 is 5.99. The summed E-state index contributed by atoms with van der Waals surface area (Å²) < 4.78 is 10.1. The minimum Gasteiger partial charge on any atom is -0.481 e. The lowest BCUT2D eigenvalue weighted by atomic mass is 10.2. The Balaban J connectivity index is 1.72. The lowest BCUT2D eigenvalue weighted by Crippen LogP contribution is -2.41. The van der Waals surface area contributed by atoms with E-state index in [4.69, 9.17) is 21.1 Å². The second-order valence-electron chi connectivity index (χ2n) is 5.08. The quantitative estimate of drug-likeness (QED) is 0.674. The largest absolute Gasteiger partial charge is 0.481 e. The van der Waals surface area contributed by atoms with Gasteiger partial charge < -0.3 is 19.7 Å². The molecular formula is C16H14ClN3O4. The number of halogens is 1. The molecule has 1 amide bonds. The van der Waals surface area contributed by atoms with E-state index in [1.807, 2.05) is 0 Å². The van der Waals surface area contributed by atoms with Gasteiger partial charge in [-0.2, -0.15) is 0 Å². The van der Waals surface area contributed by atoms with Crippen molar-refractivity contribution in [1.29, 1.82) is 0 Å². The number of pyridine rings is 1. The van der Waals surface area contributed by atoms with Crippen LogP contribution >= 0.6 is 11.6 Å². The van der Waals surface area contributed by atoms with E-state index < -0.39 is 5.97 Å². The molecule has 0 radical (unpaired) electrons. The zero-order valence-corrected chi connectivity index (χ0v) is 13.5. The zero-order valence-electron chi connectivity index (χ0n) is 12.8. The predicted molar refractivity (Wildman–Crippen MR) is 88.7 cm³/mol. The van der Waals surface area contributed by atoms with Gasteiger partial charge in [0.2, 0.25) is 11.8 Å². The summed E-state index contributed by atoms with van der Waals surface area (Å²) in [6.45, 7) is -0.0455. The Morgan fingerprint density at radius 3 is 2.96 bits per heavy atom. The summed E-state index contributed by atoms with van der Waals surface area (Å²) in [7, 11) is 1.51. The number of amides is 1. The Morgan fingerprint density at radius 2 is 2.25 bits per heavy atom. The lowest BCUT2D eigenvalue weighted by Gasteiger charge is -2.29. The lowest BCUT2D eigenvalue weighted by molar-refractivity contribution is -0.133. The molecule has 8 heteroatoms. The maximum absolute atomic E-state index is 12.2. The molecule has 0 atom stereocenters. The highest BCUT2D eigenvalue weighted by Gasteiger charge is 2.26. The number of carbonyl (C=O) groups is 2. The first-order chi connectivity index (χ1) is 11.5. The highest BCUT2D eigenvalue weighted by molar-refractivity contribution is 6.31. The third kappa shape index (κ3) is 3.57. The molecule has 2 heterocycles. The topological polar surface area (TPSA) is 80.8 Å². The van der Waals surface area contributed by atoms with Crippen molar-refractivity contribution in [2.75, 3.05) is 30.4 Å². The van der Waals surface area contributed by atoms with Gasteiger partial charge in [0.25, 0.3) is 0 Å². The maximum Gasteiger partial charge on any atom is 0.331 e. The monoisotopic (exact) mass is 347 g/mol. The second-order valence-corrected chi connectivity index (χ2v) is 5.52. The first kappa shape index (κ1) is 16.1. The van der Waals surface area contributed by atoms with Crippen molar-refractivity contribution in [3.05, 3.63) is 41.6 Å². The molecule has 1 aromatic heterocycles. The number of benzene rings is 1. The molecule has 0 saturated carbocycles. The Bertz CT molecular complexity index is 779. The first-order valence-corrected chi connectivity index (χ1v) is 7.48. The summed E-state index contributed by atoms with van der Waals surface area (Å²) in [4.78, 5) is 29.5. The molecular weight excluding hydrogens is 334 g/mol. The molecule has 124 valence electrons. The molecule has 24 heavy (non-hydrogen) atoms. The second kappa shape index (κ2) is 6.76. The van der Waals surface area contributed by atoms with Crippen LogP contribution in [0.1, 0.15) is 0 Å². The number of anilines is 2. The van der Waals surface area contributed by atoms with Crippen molar-refractivity contribution >= 4 is 34.9 Å². The van der Waals surface area contributed by atoms with Crippen LogP contribution in [0.5, 0.6) is 11.6 Å². The minimum absolute atomic E-state index is 0.0194. The molecule has 1 aromatic carbocycles. The van der Waals surface area contributed by atoms with Crippen molar-refractivity contribution in [3.63, 3.8) is 0 Å². The smallest absolute Gasteiger partial charge is 0.331 e. The molecule has 0 unspecified atom stereocenters. The van der Waals surface area contributed by atoms with Gasteiger partial charge in [0, 0.05) is 11.1 Å². The van der Waals surface area contributed by atoms with Crippen LogP contribution in [-0.2, 0) is 9.59 Å². The normalized spacial score (nSPS) is 13.1. The van der Waals surface area contributed by atoms with Gasteiger partial charge >= 0.3 is 5.97 Å². The van der Waals surface area contributed by atoms with Gasteiger partial charge in [-0.15, -0.1) is 0 Å². The highest BCUT2D eigenvalue weighted by atomic mass is 35.5. The van der Waals surface area contributed by atoms with E-state index in [1.165, 1.54) is 13.3 Å². The van der Waals surface area contributed by atoms with E-state index in [-0.39, 0.29) is 19.0 Å². The molecule has 3 rings (SSSR count). The van der Waals surface area contributed by atoms with Crippen LogP contribution in [0.2, 0.25) is 5.02 Å². The van der Waals surface area contributed by atoms with E-state index in [2.05, 4.69) is 10.3 Å². The van der Waals surface area contributed by atoms with Gasteiger partial charge in [-0.05, 0) is 24.3 Å². The van der Waals surface area contributed by atoms with Crippen molar-refractivity contribution in [3.8, 4) is 11.6 Å².